The summed E-state index contributed by atoms with van der Waals surface area (Å²) >= 11 is 0. The Morgan fingerprint density at radius 3 is 2.41 bits per heavy atom. The van der Waals surface area contributed by atoms with Crippen LogP contribution in [0.25, 0.3) is 0 Å². The van der Waals surface area contributed by atoms with E-state index in [0.717, 1.165) is 0 Å². The van der Waals surface area contributed by atoms with Gasteiger partial charge in [0.15, 0.2) is 0 Å². The van der Waals surface area contributed by atoms with Gasteiger partial charge in [0.1, 0.15) is 5.75 Å². The number of alkyl halides is 2. The Bertz CT molecular complexity index is 587. The van der Waals surface area contributed by atoms with E-state index in [1.165, 1.54) is 23.3 Å². The predicted molar refractivity (Wildman–Crippen MR) is 80.9 cm³/mol. The van der Waals surface area contributed by atoms with E-state index in [2.05, 4.69) is 10.1 Å². The average molecular weight is 307 g/mol. The van der Waals surface area contributed by atoms with Gasteiger partial charge in [-0.05, 0) is 35.7 Å². The number of hydrogen-bond donors (Lipinski definition) is 2. The summed E-state index contributed by atoms with van der Waals surface area (Å²) in [5.74, 6) is 0.0822. The molecule has 0 heterocycles. The quantitative estimate of drug-likeness (QED) is 0.823. The highest BCUT2D eigenvalue weighted by Gasteiger charge is 2.09. The largest absolute Gasteiger partial charge is 0.435 e. The van der Waals surface area contributed by atoms with E-state index in [-0.39, 0.29) is 5.75 Å². The van der Waals surface area contributed by atoms with Crippen molar-refractivity contribution < 1.29 is 18.6 Å². The third kappa shape index (κ3) is 4.79. The van der Waals surface area contributed by atoms with Crippen molar-refractivity contribution in [3.05, 3.63) is 65.2 Å². The molecule has 0 aliphatic heterocycles. The van der Waals surface area contributed by atoms with Crippen LogP contribution < -0.4 is 10.1 Å². The molecule has 0 fully saturated rings. The van der Waals surface area contributed by atoms with Crippen LogP contribution in [0.1, 0.15) is 22.8 Å². The second kappa shape index (κ2) is 7.87. The fourth-order valence-corrected chi connectivity index (χ4v) is 2.14. The van der Waals surface area contributed by atoms with Gasteiger partial charge >= 0.3 is 6.61 Å². The number of benzene rings is 2. The molecule has 2 rings (SSSR count). The van der Waals surface area contributed by atoms with Gasteiger partial charge < -0.3 is 15.2 Å². The van der Waals surface area contributed by atoms with E-state index in [1.54, 1.807) is 12.1 Å². The first kappa shape index (κ1) is 16.4. The van der Waals surface area contributed by atoms with E-state index in [0.29, 0.717) is 18.7 Å². The first-order valence-corrected chi connectivity index (χ1v) is 7.04. The van der Waals surface area contributed by atoms with E-state index < -0.39 is 12.7 Å². The van der Waals surface area contributed by atoms with Crippen molar-refractivity contribution in [2.75, 3.05) is 6.54 Å². The Morgan fingerprint density at radius 2 is 1.77 bits per heavy atom. The van der Waals surface area contributed by atoms with Gasteiger partial charge in [0.05, 0.1) is 6.10 Å². The molecule has 22 heavy (non-hydrogen) atoms. The van der Waals surface area contributed by atoms with Crippen molar-refractivity contribution >= 4 is 0 Å². The number of aliphatic hydroxyl groups is 1. The Morgan fingerprint density at radius 1 is 1.09 bits per heavy atom. The zero-order chi connectivity index (χ0) is 15.9. The van der Waals surface area contributed by atoms with E-state index in [9.17, 15) is 13.9 Å². The minimum atomic E-state index is -2.84. The Hall–Kier alpha value is -1.98. The normalized spacial score (nSPS) is 12.4. The molecule has 0 aliphatic rings. The van der Waals surface area contributed by atoms with Crippen molar-refractivity contribution in [3.8, 4) is 5.75 Å². The van der Waals surface area contributed by atoms with E-state index in [4.69, 9.17) is 0 Å². The summed E-state index contributed by atoms with van der Waals surface area (Å²) in [6, 6.07) is 14.0. The van der Waals surface area contributed by atoms with Gasteiger partial charge in [-0.3, -0.25) is 0 Å². The summed E-state index contributed by atoms with van der Waals surface area (Å²) in [4.78, 5) is 0. The minimum absolute atomic E-state index is 0.0822. The molecule has 0 aliphatic carbocycles. The van der Waals surface area contributed by atoms with E-state index >= 15 is 0 Å². The summed E-state index contributed by atoms with van der Waals surface area (Å²) in [6.07, 6.45) is -0.704. The zero-order valence-electron chi connectivity index (χ0n) is 12.3. The SMILES string of the molecule is Cc1ccccc1CNCC(O)c1ccc(OC(F)F)cc1. The van der Waals surface area contributed by atoms with Gasteiger partial charge in [0, 0.05) is 13.1 Å². The number of aliphatic hydroxyl groups excluding tert-OH is 1. The molecule has 1 atom stereocenters. The Balaban J connectivity index is 1.84. The highest BCUT2D eigenvalue weighted by molar-refractivity contribution is 5.29. The molecule has 118 valence electrons. The summed E-state index contributed by atoms with van der Waals surface area (Å²) in [6.45, 7) is 0.237. The first-order chi connectivity index (χ1) is 10.6. The van der Waals surface area contributed by atoms with Gasteiger partial charge in [-0.2, -0.15) is 8.78 Å². The lowest BCUT2D eigenvalue weighted by atomic mass is 10.1. The minimum Gasteiger partial charge on any atom is -0.435 e. The van der Waals surface area contributed by atoms with E-state index in [1.807, 2.05) is 31.2 Å². The summed E-state index contributed by atoms with van der Waals surface area (Å²) in [5, 5.41) is 13.3. The lowest BCUT2D eigenvalue weighted by Crippen LogP contribution is -2.21. The van der Waals surface area contributed by atoms with Crippen LogP contribution in [0.5, 0.6) is 5.75 Å². The lowest BCUT2D eigenvalue weighted by Gasteiger charge is -2.14. The highest BCUT2D eigenvalue weighted by atomic mass is 19.3. The number of ether oxygens (including phenoxy) is 1. The fraction of sp³-hybridized carbons (Fsp3) is 0.294. The molecule has 0 radical (unpaired) electrons. The van der Waals surface area contributed by atoms with Crippen LogP contribution in [0.15, 0.2) is 48.5 Å². The molecule has 0 saturated heterocycles. The molecule has 2 aromatic carbocycles. The molecule has 5 heteroatoms. The van der Waals surface area contributed by atoms with Crippen LogP contribution in [0, 0.1) is 6.92 Å². The molecule has 0 saturated carbocycles. The van der Waals surface area contributed by atoms with Crippen molar-refractivity contribution in [2.24, 2.45) is 0 Å². The zero-order valence-corrected chi connectivity index (χ0v) is 12.3. The molecule has 2 N–H and O–H groups in total. The highest BCUT2D eigenvalue weighted by Crippen LogP contribution is 2.19. The molecule has 0 spiro atoms. The molecule has 0 amide bonds. The number of aryl methyl sites for hydroxylation is 1. The monoisotopic (exact) mass is 307 g/mol. The molecule has 3 nitrogen and oxygen atoms in total. The predicted octanol–water partition coefficient (Wildman–Crippen LogP) is 3.42. The Kier molecular flexibility index (Phi) is 5.86. The number of halogens is 2. The second-order valence-corrected chi connectivity index (χ2v) is 5.02. The lowest BCUT2D eigenvalue weighted by molar-refractivity contribution is -0.0498. The molecule has 2 aromatic rings. The van der Waals surface area contributed by atoms with Crippen LogP contribution in [-0.2, 0) is 6.54 Å². The third-order valence-corrected chi connectivity index (χ3v) is 3.40. The molecule has 0 bridgehead atoms. The van der Waals surface area contributed by atoms with Crippen LogP contribution in [0.4, 0.5) is 8.78 Å². The third-order valence-electron chi connectivity index (χ3n) is 3.40. The van der Waals surface area contributed by atoms with Crippen LogP contribution in [0.2, 0.25) is 0 Å². The molecular weight excluding hydrogens is 288 g/mol. The topological polar surface area (TPSA) is 41.5 Å². The van der Waals surface area contributed by atoms with Gasteiger partial charge in [0.2, 0.25) is 0 Å². The maximum Gasteiger partial charge on any atom is 0.387 e. The fourth-order valence-electron chi connectivity index (χ4n) is 2.14. The van der Waals surface area contributed by atoms with Gasteiger partial charge in [-0.25, -0.2) is 0 Å². The smallest absolute Gasteiger partial charge is 0.387 e. The summed E-state index contributed by atoms with van der Waals surface area (Å²) in [5.41, 5.74) is 3.02. The standard InChI is InChI=1S/C17H19F2NO2/c1-12-4-2-3-5-14(12)10-20-11-16(21)13-6-8-15(9-7-13)22-17(18)19/h2-9,16-17,20-21H,10-11H2,1H3. The Labute approximate surface area is 128 Å². The van der Waals surface area contributed by atoms with Gasteiger partial charge in [-0.15, -0.1) is 0 Å². The van der Waals surface area contributed by atoms with Crippen molar-refractivity contribution in [1.82, 2.24) is 5.32 Å². The molecule has 0 aromatic heterocycles. The number of hydrogen-bond acceptors (Lipinski definition) is 3. The molecular formula is C17H19F2NO2. The summed E-state index contributed by atoms with van der Waals surface area (Å²) in [7, 11) is 0. The maximum atomic E-state index is 12.1. The van der Waals surface area contributed by atoms with Crippen LogP contribution >= 0.6 is 0 Å². The number of nitrogens with one attached hydrogen (secondary N) is 1. The van der Waals surface area contributed by atoms with Crippen molar-refractivity contribution in [2.45, 2.75) is 26.2 Å². The van der Waals surface area contributed by atoms with Gasteiger partial charge in [-0.1, -0.05) is 36.4 Å². The maximum absolute atomic E-state index is 12.1. The molecule has 1 unspecified atom stereocenters. The summed E-state index contributed by atoms with van der Waals surface area (Å²) < 4.78 is 28.4. The second-order valence-electron chi connectivity index (χ2n) is 5.02. The van der Waals surface area contributed by atoms with Crippen molar-refractivity contribution in [1.29, 1.82) is 0 Å². The average Bonchev–Trinajstić information content (AvgIpc) is 2.49. The van der Waals surface area contributed by atoms with Crippen molar-refractivity contribution in [3.63, 3.8) is 0 Å². The van der Waals surface area contributed by atoms with Crippen LogP contribution in [0.3, 0.4) is 0 Å². The van der Waals surface area contributed by atoms with Gasteiger partial charge in [0.25, 0.3) is 0 Å². The first-order valence-electron chi connectivity index (χ1n) is 7.04. The van der Waals surface area contributed by atoms with Crippen LogP contribution in [-0.4, -0.2) is 18.3 Å². The number of rotatable bonds is 7.